The van der Waals surface area contributed by atoms with Gasteiger partial charge in [-0.15, -0.1) is 5.11 Å². The average Bonchev–Trinajstić information content (AvgIpc) is 2.52. The van der Waals surface area contributed by atoms with E-state index < -0.39 is 42.9 Å². The van der Waals surface area contributed by atoms with Crippen LogP contribution < -0.4 is 0 Å². The molecule has 3 N–H and O–H groups in total. The van der Waals surface area contributed by atoms with Crippen molar-refractivity contribution in [3.05, 3.63) is 52.1 Å². The summed E-state index contributed by atoms with van der Waals surface area (Å²) in [6.45, 7) is 0. The van der Waals surface area contributed by atoms with Gasteiger partial charge in [-0.3, -0.25) is 14.7 Å². The number of azo groups is 1. The molecule has 11 nitrogen and oxygen atoms in total. The molecule has 25 heavy (non-hydrogen) atoms. The van der Waals surface area contributed by atoms with Crippen LogP contribution >= 0.6 is 0 Å². The van der Waals surface area contributed by atoms with Crippen molar-refractivity contribution in [2.24, 2.45) is 10.2 Å². The lowest BCUT2D eigenvalue weighted by molar-refractivity contribution is -0.384. The number of nitrogens with zero attached hydrogens (tertiary/aromatic N) is 3. The third-order valence-corrected chi connectivity index (χ3v) is 3.77. The molecule has 0 amide bonds. The van der Waals surface area contributed by atoms with Gasteiger partial charge in [-0.1, -0.05) is 0 Å². The Balaban J connectivity index is 2.46. The van der Waals surface area contributed by atoms with E-state index in [2.05, 4.69) is 10.2 Å². The second-order valence-electron chi connectivity index (χ2n) is 4.59. The van der Waals surface area contributed by atoms with Gasteiger partial charge < -0.3 is 10.2 Å². The van der Waals surface area contributed by atoms with Crippen LogP contribution in [0.5, 0.6) is 5.75 Å². The topological polar surface area (TPSA) is 180 Å². The van der Waals surface area contributed by atoms with Crippen LogP contribution in [0.3, 0.4) is 0 Å². The zero-order valence-electron chi connectivity index (χ0n) is 12.1. The molecule has 0 unspecified atom stereocenters. The molecule has 0 saturated carbocycles. The third-order valence-electron chi connectivity index (χ3n) is 2.93. The van der Waals surface area contributed by atoms with Crippen molar-refractivity contribution >= 4 is 33.1 Å². The Morgan fingerprint density at radius 1 is 1.12 bits per heavy atom. The lowest BCUT2D eigenvalue weighted by atomic mass is 10.2. The Bertz CT molecular complexity index is 1000. The number of phenols is 1. The Morgan fingerprint density at radius 3 is 2.36 bits per heavy atom. The lowest BCUT2D eigenvalue weighted by Gasteiger charge is -2.01. The molecule has 0 aliphatic heterocycles. The van der Waals surface area contributed by atoms with E-state index in [1.807, 2.05) is 0 Å². The van der Waals surface area contributed by atoms with E-state index >= 15 is 0 Å². The first-order valence-electron chi connectivity index (χ1n) is 6.33. The van der Waals surface area contributed by atoms with E-state index in [9.17, 15) is 28.4 Å². The van der Waals surface area contributed by atoms with Gasteiger partial charge in [0, 0.05) is 6.07 Å². The summed E-state index contributed by atoms with van der Waals surface area (Å²) in [7, 11) is -4.63. The van der Waals surface area contributed by atoms with Crippen molar-refractivity contribution in [3.8, 4) is 5.75 Å². The highest BCUT2D eigenvalue weighted by Crippen LogP contribution is 2.32. The summed E-state index contributed by atoms with van der Waals surface area (Å²) in [6.07, 6.45) is 0. The fourth-order valence-corrected chi connectivity index (χ4v) is 2.26. The fraction of sp³-hybridized carbons (Fsp3) is 0. The predicted molar refractivity (Wildman–Crippen MR) is 82.2 cm³/mol. The van der Waals surface area contributed by atoms with Gasteiger partial charge in [0.15, 0.2) is 5.69 Å². The van der Waals surface area contributed by atoms with Crippen molar-refractivity contribution in [3.63, 3.8) is 0 Å². The van der Waals surface area contributed by atoms with Crippen LogP contribution in [0.15, 0.2) is 51.5 Å². The summed E-state index contributed by atoms with van der Waals surface area (Å²) in [5.74, 6) is -1.90. The summed E-state index contributed by atoms with van der Waals surface area (Å²) in [4.78, 5) is 20.3. The number of nitro groups is 1. The molecule has 0 atom stereocenters. The number of carbonyl (C=O) groups is 1. The van der Waals surface area contributed by atoms with Crippen molar-refractivity contribution in [2.45, 2.75) is 4.90 Å². The van der Waals surface area contributed by atoms with Gasteiger partial charge in [0.25, 0.3) is 15.8 Å². The van der Waals surface area contributed by atoms with Crippen LogP contribution in [0.25, 0.3) is 0 Å². The van der Waals surface area contributed by atoms with Gasteiger partial charge in [0.05, 0.1) is 10.6 Å². The van der Waals surface area contributed by atoms with Gasteiger partial charge in [-0.2, -0.15) is 13.5 Å². The SMILES string of the molecule is O=C(O)c1cc(N=Nc2ccc(S(=O)(=O)O)cc2[N+](=O)[O-])ccc1O. The summed E-state index contributed by atoms with van der Waals surface area (Å²) >= 11 is 0. The Kier molecular flexibility index (Phi) is 4.76. The lowest BCUT2D eigenvalue weighted by Crippen LogP contribution is -1.99. The molecule has 2 aromatic rings. The number of carboxylic acids is 1. The van der Waals surface area contributed by atoms with Gasteiger partial charge in [-0.05, 0) is 30.3 Å². The van der Waals surface area contributed by atoms with Crippen LogP contribution in [0, 0.1) is 10.1 Å². The fourth-order valence-electron chi connectivity index (χ4n) is 1.76. The number of hydrogen-bond acceptors (Lipinski definition) is 8. The molecule has 0 aliphatic carbocycles. The molecule has 0 aliphatic rings. The largest absolute Gasteiger partial charge is 0.507 e. The second kappa shape index (κ2) is 6.62. The van der Waals surface area contributed by atoms with Gasteiger partial charge in [0.1, 0.15) is 16.2 Å². The van der Waals surface area contributed by atoms with Crippen molar-refractivity contribution in [2.75, 3.05) is 0 Å². The maximum Gasteiger partial charge on any atom is 0.339 e. The molecule has 0 aromatic heterocycles. The molecule has 0 saturated heterocycles. The van der Waals surface area contributed by atoms with Crippen LogP contribution in [-0.2, 0) is 10.1 Å². The zero-order valence-corrected chi connectivity index (χ0v) is 12.9. The van der Waals surface area contributed by atoms with E-state index in [0.29, 0.717) is 6.07 Å². The van der Waals surface area contributed by atoms with Gasteiger partial charge in [0.2, 0.25) is 0 Å². The summed E-state index contributed by atoms with van der Waals surface area (Å²) < 4.78 is 31.0. The van der Waals surface area contributed by atoms with Gasteiger partial charge >= 0.3 is 5.97 Å². The smallest absolute Gasteiger partial charge is 0.339 e. The average molecular weight is 367 g/mol. The molecule has 2 aromatic carbocycles. The van der Waals surface area contributed by atoms with Crippen LogP contribution in [-0.4, -0.2) is 34.1 Å². The van der Waals surface area contributed by atoms with E-state index in [-0.39, 0.29) is 11.4 Å². The van der Waals surface area contributed by atoms with Crippen LogP contribution in [0.2, 0.25) is 0 Å². The Hall–Kier alpha value is -3.38. The number of hydrogen-bond donors (Lipinski definition) is 3. The standard InChI is InChI=1S/C13H9N3O8S/c17-12-4-1-7(5-9(12)13(18)19)14-15-10-3-2-8(25(22,23)24)6-11(10)16(20)21/h1-6,17H,(H,18,19)(H,22,23,24). The third kappa shape index (κ3) is 4.13. The zero-order chi connectivity index (χ0) is 18.8. The molecule has 2 rings (SSSR count). The predicted octanol–water partition coefficient (Wildman–Crippen LogP) is 2.66. The molecule has 0 spiro atoms. The molecule has 12 heteroatoms. The van der Waals surface area contributed by atoms with Crippen molar-refractivity contribution < 1.29 is 32.9 Å². The number of rotatable bonds is 5. The molecular formula is C13H9N3O8S. The number of aromatic carboxylic acids is 1. The summed E-state index contributed by atoms with van der Waals surface area (Å²) in [5.41, 5.74) is -1.49. The molecule has 0 fully saturated rings. The molecule has 0 bridgehead atoms. The highest BCUT2D eigenvalue weighted by molar-refractivity contribution is 7.85. The number of aromatic hydroxyl groups is 1. The highest BCUT2D eigenvalue weighted by Gasteiger charge is 2.20. The number of nitro benzene ring substituents is 1. The maximum atomic E-state index is 11.0. The van der Waals surface area contributed by atoms with E-state index in [1.165, 1.54) is 6.07 Å². The van der Waals surface area contributed by atoms with Crippen molar-refractivity contribution in [1.29, 1.82) is 0 Å². The Labute approximate surface area is 139 Å². The number of carboxylic acid groups (broad SMARTS) is 1. The minimum Gasteiger partial charge on any atom is -0.507 e. The molecular weight excluding hydrogens is 358 g/mol. The van der Waals surface area contributed by atoms with E-state index in [0.717, 1.165) is 24.3 Å². The van der Waals surface area contributed by atoms with Crippen LogP contribution in [0.4, 0.5) is 17.1 Å². The summed E-state index contributed by atoms with van der Waals surface area (Å²) in [5, 5.41) is 36.5. The quantitative estimate of drug-likeness (QED) is 0.312. The maximum absolute atomic E-state index is 11.0. The van der Waals surface area contributed by atoms with Crippen molar-refractivity contribution in [1.82, 2.24) is 0 Å². The first-order valence-corrected chi connectivity index (χ1v) is 7.77. The molecule has 0 radical (unpaired) electrons. The first kappa shape index (κ1) is 18.0. The van der Waals surface area contributed by atoms with Gasteiger partial charge in [-0.25, -0.2) is 4.79 Å². The van der Waals surface area contributed by atoms with Crippen LogP contribution in [0.1, 0.15) is 10.4 Å². The molecule has 0 heterocycles. The van der Waals surface area contributed by atoms with E-state index in [1.54, 1.807) is 0 Å². The second-order valence-corrected chi connectivity index (χ2v) is 6.01. The highest BCUT2D eigenvalue weighted by atomic mass is 32.2. The normalized spacial score (nSPS) is 11.6. The minimum atomic E-state index is -4.63. The monoisotopic (exact) mass is 367 g/mol. The first-order chi connectivity index (χ1) is 11.6. The summed E-state index contributed by atoms with van der Waals surface area (Å²) in [6, 6.07) is 5.76. The number of benzene rings is 2. The Morgan fingerprint density at radius 2 is 1.80 bits per heavy atom. The van der Waals surface area contributed by atoms with E-state index in [4.69, 9.17) is 9.66 Å². The molecule has 130 valence electrons. The minimum absolute atomic E-state index is 0.0108.